The molecule has 1 aromatic heterocycles. The molecule has 0 fully saturated rings. The van der Waals surface area contributed by atoms with Crippen LogP contribution in [-0.4, -0.2) is 11.8 Å². The monoisotopic (exact) mass is 309 g/mol. The Labute approximate surface area is 135 Å². The molecular formula is C18H19N3O2. The number of pyridine rings is 1. The normalized spacial score (nSPS) is 12.2. The van der Waals surface area contributed by atoms with Crippen LogP contribution < -0.4 is 15.2 Å². The average Bonchev–Trinajstić information content (AvgIpc) is 3.02. The number of nitrogens with two attached hydrogens (primary N) is 1. The lowest BCUT2D eigenvalue weighted by Crippen LogP contribution is -2.07. The van der Waals surface area contributed by atoms with Gasteiger partial charge in [0.05, 0.1) is 0 Å². The second-order valence-corrected chi connectivity index (χ2v) is 5.46. The summed E-state index contributed by atoms with van der Waals surface area (Å²) in [5.74, 6) is 1.71. The van der Waals surface area contributed by atoms with E-state index in [9.17, 15) is 5.26 Å². The van der Waals surface area contributed by atoms with Crippen molar-refractivity contribution >= 4 is 5.82 Å². The zero-order valence-electron chi connectivity index (χ0n) is 13.3. The van der Waals surface area contributed by atoms with Gasteiger partial charge in [-0.3, -0.25) is 0 Å². The van der Waals surface area contributed by atoms with Crippen LogP contribution in [0.15, 0.2) is 18.2 Å². The number of nitriles is 1. The van der Waals surface area contributed by atoms with Gasteiger partial charge in [-0.1, -0.05) is 26.3 Å². The summed E-state index contributed by atoms with van der Waals surface area (Å²) in [6, 6.07) is 7.94. The number of ether oxygens (including phenoxy) is 2. The number of aromatic nitrogens is 1. The number of fused-ring (bicyclic) bond motifs is 1. The molecule has 1 aliphatic rings. The Morgan fingerprint density at radius 2 is 2.04 bits per heavy atom. The molecule has 2 aromatic rings. The Bertz CT molecular complexity index is 794. The standard InChI is InChI=1S/C18H19N3O2/c1-3-5-14-12(4-2)17(13(9-19)18(20)21-14)11-6-7-15-16(8-11)23-10-22-15/h6-8H,3-5,10H2,1-2H3,(H2,20,21). The van der Waals surface area contributed by atoms with Crippen molar-refractivity contribution in [3.63, 3.8) is 0 Å². The predicted molar refractivity (Wildman–Crippen MR) is 88.3 cm³/mol. The first-order valence-corrected chi connectivity index (χ1v) is 7.80. The van der Waals surface area contributed by atoms with E-state index in [4.69, 9.17) is 15.2 Å². The number of rotatable bonds is 4. The summed E-state index contributed by atoms with van der Waals surface area (Å²) < 4.78 is 10.8. The number of nitrogens with zero attached hydrogens (tertiary/aromatic N) is 2. The largest absolute Gasteiger partial charge is 0.454 e. The van der Waals surface area contributed by atoms with Crippen LogP contribution in [0, 0.1) is 11.3 Å². The fourth-order valence-electron chi connectivity index (χ4n) is 3.00. The summed E-state index contributed by atoms with van der Waals surface area (Å²) >= 11 is 0. The smallest absolute Gasteiger partial charge is 0.231 e. The minimum atomic E-state index is 0.226. The number of hydrogen-bond donors (Lipinski definition) is 1. The highest BCUT2D eigenvalue weighted by molar-refractivity contribution is 5.80. The van der Waals surface area contributed by atoms with Crippen LogP contribution in [0.2, 0.25) is 0 Å². The summed E-state index contributed by atoms with van der Waals surface area (Å²) in [5.41, 5.74) is 10.3. The summed E-state index contributed by atoms with van der Waals surface area (Å²) in [6.45, 7) is 4.41. The third-order valence-electron chi connectivity index (χ3n) is 4.03. The highest BCUT2D eigenvalue weighted by atomic mass is 16.7. The van der Waals surface area contributed by atoms with Crippen molar-refractivity contribution in [1.29, 1.82) is 5.26 Å². The van der Waals surface area contributed by atoms with Crippen molar-refractivity contribution in [1.82, 2.24) is 4.98 Å². The van der Waals surface area contributed by atoms with E-state index in [0.29, 0.717) is 17.1 Å². The van der Waals surface area contributed by atoms with Gasteiger partial charge in [0.25, 0.3) is 0 Å². The third-order valence-corrected chi connectivity index (χ3v) is 4.03. The van der Waals surface area contributed by atoms with Gasteiger partial charge in [0, 0.05) is 11.3 Å². The van der Waals surface area contributed by atoms with Gasteiger partial charge in [-0.2, -0.15) is 5.26 Å². The van der Waals surface area contributed by atoms with Crippen LogP contribution in [0.3, 0.4) is 0 Å². The average molecular weight is 309 g/mol. The van der Waals surface area contributed by atoms with Crippen molar-refractivity contribution in [2.45, 2.75) is 33.1 Å². The fourth-order valence-corrected chi connectivity index (χ4v) is 3.00. The molecule has 0 radical (unpaired) electrons. The van der Waals surface area contributed by atoms with Gasteiger partial charge < -0.3 is 15.2 Å². The third kappa shape index (κ3) is 2.57. The molecule has 118 valence electrons. The molecule has 0 atom stereocenters. The molecule has 1 aromatic carbocycles. The first kappa shape index (κ1) is 15.2. The van der Waals surface area contributed by atoms with Crippen LogP contribution in [0.5, 0.6) is 11.5 Å². The van der Waals surface area contributed by atoms with Crippen molar-refractivity contribution in [3.8, 4) is 28.7 Å². The van der Waals surface area contributed by atoms with Crippen LogP contribution in [0.4, 0.5) is 5.82 Å². The molecule has 0 saturated carbocycles. The van der Waals surface area contributed by atoms with Gasteiger partial charge >= 0.3 is 0 Å². The second-order valence-electron chi connectivity index (χ2n) is 5.46. The van der Waals surface area contributed by atoms with Gasteiger partial charge in [-0.25, -0.2) is 4.98 Å². The molecule has 2 heterocycles. The fraction of sp³-hybridized carbons (Fsp3) is 0.333. The molecule has 5 nitrogen and oxygen atoms in total. The van der Waals surface area contributed by atoms with E-state index in [1.54, 1.807) is 0 Å². The lowest BCUT2D eigenvalue weighted by molar-refractivity contribution is 0.174. The Kier molecular flexibility index (Phi) is 4.07. The summed E-state index contributed by atoms with van der Waals surface area (Å²) in [5, 5.41) is 9.57. The molecular weight excluding hydrogens is 290 g/mol. The van der Waals surface area contributed by atoms with E-state index in [-0.39, 0.29) is 6.79 Å². The molecule has 0 saturated heterocycles. The van der Waals surface area contributed by atoms with E-state index >= 15 is 0 Å². The Morgan fingerprint density at radius 3 is 2.74 bits per heavy atom. The molecule has 5 heteroatoms. The Balaban J connectivity index is 2.26. The quantitative estimate of drug-likeness (QED) is 0.935. The van der Waals surface area contributed by atoms with E-state index in [2.05, 4.69) is 24.9 Å². The zero-order chi connectivity index (χ0) is 16.4. The van der Waals surface area contributed by atoms with Crippen molar-refractivity contribution in [3.05, 3.63) is 35.0 Å². The summed E-state index contributed by atoms with van der Waals surface area (Å²) in [6.07, 6.45) is 2.61. The van der Waals surface area contributed by atoms with E-state index < -0.39 is 0 Å². The molecule has 2 N–H and O–H groups in total. The molecule has 3 rings (SSSR count). The van der Waals surface area contributed by atoms with Gasteiger partial charge in [0.15, 0.2) is 11.5 Å². The molecule has 0 aliphatic carbocycles. The first-order chi connectivity index (χ1) is 11.2. The van der Waals surface area contributed by atoms with Crippen molar-refractivity contribution in [2.75, 3.05) is 12.5 Å². The molecule has 0 spiro atoms. The molecule has 0 unspecified atom stereocenters. The maximum atomic E-state index is 9.57. The predicted octanol–water partition coefficient (Wildman–Crippen LogP) is 3.45. The maximum Gasteiger partial charge on any atom is 0.231 e. The lowest BCUT2D eigenvalue weighted by atomic mass is 9.91. The molecule has 23 heavy (non-hydrogen) atoms. The Morgan fingerprint density at radius 1 is 1.26 bits per heavy atom. The van der Waals surface area contributed by atoms with E-state index in [0.717, 1.165) is 47.4 Å². The summed E-state index contributed by atoms with van der Waals surface area (Å²) in [7, 11) is 0. The van der Waals surface area contributed by atoms with Gasteiger partial charge in [0.2, 0.25) is 6.79 Å². The number of anilines is 1. The van der Waals surface area contributed by atoms with Gasteiger partial charge in [-0.15, -0.1) is 0 Å². The maximum absolute atomic E-state index is 9.57. The first-order valence-electron chi connectivity index (χ1n) is 7.80. The van der Waals surface area contributed by atoms with Crippen LogP contribution in [0.25, 0.3) is 11.1 Å². The second kappa shape index (κ2) is 6.17. The molecule has 1 aliphatic heterocycles. The Hall–Kier alpha value is -2.74. The van der Waals surface area contributed by atoms with Gasteiger partial charge in [0.1, 0.15) is 17.5 Å². The topological polar surface area (TPSA) is 81.2 Å². The SMILES string of the molecule is CCCc1nc(N)c(C#N)c(-c2ccc3c(c2)OCO3)c1CC. The highest BCUT2D eigenvalue weighted by Gasteiger charge is 2.21. The van der Waals surface area contributed by atoms with Gasteiger partial charge in [-0.05, 0) is 36.1 Å². The van der Waals surface area contributed by atoms with E-state index in [1.165, 1.54) is 0 Å². The van der Waals surface area contributed by atoms with Crippen LogP contribution >= 0.6 is 0 Å². The van der Waals surface area contributed by atoms with E-state index in [1.807, 2.05) is 18.2 Å². The number of benzene rings is 1. The number of aryl methyl sites for hydroxylation is 1. The zero-order valence-corrected chi connectivity index (χ0v) is 13.3. The van der Waals surface area contributed by atoms with Crippen LogP contribution in [0.1, 0.15) is 37.1 Å². The molecule has 0 bridgehead atoms. The lowest BCUT2D eigenvalue weighted by Gasteiger charge is -2.16. The minimum Gasteiger partial charge on any atom is -0.454 e. The number of hydrogen-bond acceptors (Lipinski definition) is 5. The van der Waals surface area contributed by atoms with Crippen molar-refractivity contribution < 1.29 is 9.47 Å². The minimum absolute atomic E-state index is 0.226. The molecule has 0 amide bonds. The van der Waals surface area contributed by atoms with Crippen LogP contribution in [-0.2, 0) is 12.8 Å². The highest BCUT2D eigenvalue weighted by Crippen LogP contribution is 2.39. The number of nitrogen functional groups attached to an aromatic ring is 1. The summed E-state index contributed by atoms with van der Waals surface area (Å²) in [4.78, 5) is 4.46. The van der Waals surface area contributed by atoms with Crippen molar-refractivity contribution in [2.24, 2.45) is 0 Å².